The van der Waals surface area contributed by atoms with Gasteiger partial charge in [0.25, 0.3) is 0 Å². The summed E-state index contributed by atoms with van der Waals surface area (Å²) in [4.78, 5) is 0. The smallest absolute Gasteiger partial charge is 0.174 e. The second-order valence-electron chi connectivity index (χ2n) is 6.13. The molecule has 3 rings (SSSR count). The van der Waals surface area contributed by atoms with Crippen molar-refractivity contribution in [1.29, 1.82) is 5.26 Å². The SMILES string of the molecule is COc1cc(/C=C(/C#N)c2cccc(F)c2)cc(I)c1OCc1ccc(I)cc1. The zero-order chi connectivity index (χ0) is 20.8. The van der Waals surface area contributed by atoms with Gasteiger partial charge in [0.15, 0.2) is 11.5 Å². The molecule has 0 aliphatic carbocycles. The first-order valence-corrected chi connectivity index (χ1v) is 10.8. The molecular formula is C23H16FI2NO2. The van der Waals surface area contributed by atoms with E-state index in [-0.39, 0.29) is 5.82 Å². The highest BCUT2D eigenvalue weighted by atomic mass is 127. The van der Waals surface area contributed by atoms with Crippen LogP contribution in [-0.2, 0) is 6.61 Å². The topological polar surface area (TPSA) is 42.2 Å². The van der Waals surface area contributed by atoms with E-state index in [9.17, 15) is 9.65 Å². The van der Waals surface area contributed by atoms with Crippen LogP contribution >= 0.6 is 45.2 Å². The molecule has 29 heavy (non-hydrogen) atoms. The summed E-state index contributed by atoms with van der Waals surface area (Å²) >= 11 is 4.45. The monoisotopic (exact) mass is 611 g/mol. The molecule has 0 aromatic heterocycles. The summed E-state index contributed by atoms with van der Waals surface area (Å²) in [6.45, 7) is 0.422. The maximum Gasteiger partial charge on any atom is 0.174 e. The number of hydrogen-bond acceptors (Lipinski definition) is 3. The number of nitriles is 1. The van der Waals surface area contributed by atoms with Gasteiger partial charge in [-0.2, -0.15) is 5.26 Å². The molecule has 3 aromatic rings. The Morgan fingerprint density at radius 3 is 2.52 bits per heavy atom. The van der Waals surface area contributed by atoms with E-state index in [1.54, 1.807) is 25.3 Å². The molecule has 0 saturated heterocycles. The summed E-state index contributed by atoms with van der Waals surface area (Å²) in [5.74, 6) is 0.841. The molecule has 3 aromatic carbocycles. The predicted molar refractivity (Wildman–Crippen MR) is 129 cm³/mol. The number of methoxy groups -OCH3 is 1. The minimum absolute atomic E-state index is 0.370. The van der Waals surface area contributed by atoms with Crippen molar-refractivity contribution in [2.75, 3.05) is 7.11 Å². The zero-order valence-electron chi connectivity index (χ0n) is 15.5. The van der Waals surface area contributed by atoms with Gasteiger partial charge in [-0.3, -0.25) is 0 Å². The highest BCUT2D eigenvalue weighted by Gasteiger charge is 2.12. The van der Waals surface area contributed by atoms with Crippen molar-refractivity contribution in [2.24, 2.45) is 0 Å². The van der Waals surface area contributed by atoms with Crippen molar-refractivity contribution in [2.45, 2.75) is 6.61 Å². The lowest BCUT2D eigenvalue weighted by Gasteiger charge is -2.14. The molecule has 0 bridgehead atoms. The molecular weight excluding hydrogens is 595 g/mol. The maximum absolute atomic E-state index is 13.5. The number of benzene rings is 3. The largest absolute Gasteiger partial charge is 0.493 e. The third-order valence-electron chi connectivity index (χ3n) is 4.12. The first kappa shape index (κ1) is 21.6. The molecule has 0 unspecified atom stereocenters. The van der Waals surface area contributed by atoms with Crippen LogP contribution in [0.2, 0.25) is 0 Å². The fraction of sp³-hybridized carbons (Fsp3) is 0.0870. The summed E-state index contributed by atoms with van der Waals surface area (Å²) in [6.07, 6.45) is 1.71. The van der Waals surface area contributed by atoms with Gasteiger partial charge >= 0.3 is 0 Å². The van der Waals surface area contributed by atoms with Gasteiger partial charge in [0.05, 0.1) is 22.3 Å². The lowest BCUT2D eigenvalue weighted by Crippen LogP contribution is -2.00. The van der Waals surface area contributed by atoms with Gasteiger partial charge in [0, 0.05) is 3.57 Å². The van der Waals surface area contributed by atoms with Gasteiger partial charge in [-0.1, -0.05) is 24.3 Å². The normalized spacial score (nSPS) is 11.1. The zero-order valence-corrected chi connectivity index (χ0v) is 19.8. The van der Waals surface area contributed by atoms with Crippen LogP contribution < -0.4 is 9.47 Å². The van der Waals surface area contributed by atoms with E-state index in [0.29, 0.717) is 29.2 Å². The molecule has 0 spiro atoms. The number of rotatable bonds is 6. The van der Waals surface area contributed by atoms with Gasteiger partial charge in [-0.25, -0.2) is 4.39 Å². The van der Waals surface area contributed by atoms with Crippen molar-refractivity contribution < 1.29 is 13.9 Å². The first-order chi connectivity index (χ1) is 14.0. The van der Waals surface area contributed by atoms with Crippen molar-refractivity contribution in [3.63, 3.8) is 0 Å². The second-order valence-corrected chi connectivity index (χ2v) is 8.54. The van der Waals surface area contributed by atoms with E-state index >= 15 is 0 Å². The quantitative estimate of drug-likeness (QED) is 0.177. The van der Waals surface area contributed by atoms with E-state index < -0.39 is 0 Å². The molecule has 0 saturated carbocycles. The summed E-state index contributed by atoms with van der Waals surface area (Å²) in [7, 11) is 1.58. The van der Waals surface area contributed by atoms with Gasteiger partial charge in [-0.05, 0) is 104 Å². The summed E-state index contributed by atoms with van der Waals surface area (Å²) < 4.78 is 27.0. The minimum atomic E-state index is -0.379. The molecule has 0 radical (unpaired) electrons. The number of allylic oxidation sites excluding steroid dienone is 1. The highest BCUT2D eigenvalue weighted by Crippen LogP contribution is 2.35. The number of halogens is 3. The van der Waals surface area contributed by atoms with Crippen molar-refractivity contribution in [1.82, 2.24) is 0 Å². The average Bonchev–Trinajstić information content (AvgIpc) is 2.72. The number of hydrogen-bond donors (Lipinski definition) is 0. The highest BCUT2D eigenvalue weighted by molar-refractivity contribution is 14.1. The fourth-order valence-electron chi connectivity index (χ4n) is 2.70. The van der Waals surface area contributed by atoms with Crippen LogP contribution in [0.3, 0.4) is 0 Å². The first-order valence-electron chi connectivity index (χ1n) is 8.62. The number of nitrogens with zero attached hydrogens (tertiary/aromatic N) is 1. The molecule has 146 valence electrons. The molecule has 3 nitrogen and oxygen atoms in total. The van der Waals surface area contributed by atoms with Gasteiger partial charge in [-0.15, -0.1) is 0 Å². The van der Waals surface area contributed by atoms with Crippen LogP contribution in [0.25, 0.3) is 11.6 Å². The van der Waals surface area contributed by atoms with Crippen LogP contribution in [0.4, 0.5) is 4.39 Å². The summed E-state index contributed by atoms with van der Waals surface area (Å²) in [5.41, 5.74) is 2.73. The Balaban J connectivity index is 1.89. The Morgan fingerprint density at radius 1 is 1.10 bits per heavy atom. The summed E-state index contributed by atoms with van der Waals surface area (Å²) in [5, 5.41) is 9.51. The predicted octanol–water partition coefficient (Wildman–Crippen LogP) is 6.69. The molecule has 0 fully saturated rings. The van der Waals surface area contributed by atoms with Crippen LogP contribution in [-0.4, -0.2) is 7.11 Å². The van der Waals surface area contributed by atoms with E-state index in [1.165, 1.54) is 15.7 Å². The van der Waals surface area contributed by atoms with Gasteiger partial charge < -0.3 is 9.47 Å². The van der Waals surface area contributed by atoms with Crippen molar-refractivity contribution in [3.05, 3.63) is 90.3 Å². The Kier molecular flexibility index (Phi) is 7.50. The molecule has 0 N–H and O–H groups in total. The lowest BCUT2D eigenvalue weighted by atomic mass is 10.0. The van der Waals surface area contributed by atoms with Crippen LogP contribution in [0, 0.1) is 24.3 Å². The average molecular weight is 611 g/mol. The van der Waals surface area contributed by atoms with Crippen molar-refractivity contribution in [3.8, 4) is 17.6 Å². The number of ether oxygens (including phenoxy) is 2. The van der Waals surface area contributed by atoms with Crippen LogP contribution in [0.1, 0.15) is 16.7 Å². The van der Waals surface area contributed by atoms with E-state index in [1.807, 2.05) is 36.4 Å². The Morgan fingerprint density at radius 2 is 1.86 bits per heavy atom. The van der Waals surface area contributed by atoms with Crippen LogP contribution in [0.15, 0.2) is 60.7 Å². The summed E-state index contributed by atoms with van der Waals surface area (Å²) in [6, 6.07) is 20.0. The second kappa shape index (κ2) is 10.1. The molecule has 0 atom stereocenters. The molecule has 0 aliphatic rings. The van der Waals surface area contributed by atoms with Crippen LogP contribution in [0.5, 0.6) is 11.5 Å². The Labute approximate surface area is 196 Å². The fourth-order valence-corrected chi connectivity index (χ4v) is 3.84. The Bertz CT molecular complexity index is 1090. The van der Waals surface area contributed by atoms with Gasteiger partial charge in [0.2, 0.25) is 0 Å². The minimum Gasteiger partial charge on any atom is -0.493 e. The maximum atomic E-state index is 13.5. The third-order valence-corrected chi connectivity index (χ3v) is 5.64. The molecule has 0 aliphatic heterocycles. The van der Waals surface area contributed by atoms with E-state index in [4.69, 9.17) is 9.47 Å². The molecule has 0 heterocycles. The van der Waals surface area contributed by atoms with Crippen molar-refractivity contribution >= 4 is 56.8 Å². The van der Waals surface area contributed by atoms with E-state index in [0.717, 1.165) is 14.7 Å². The third kappa shape index (κ3) is 5.70. The lowest BCUT2D eigenvalue weighted by molar-refractivity contribution is 0.282. The van der Waals surface area contributed by atoms with Gasteiger partial charge in [0.1, 0.15) is 12.4 Å². The Hall–Kier alpha value is -2.12. The van der Waals surface area contributed by atoms with E-state index in [2.05, 4.69) is 51.3 Å². The standard InChI is InChI=1S/C23H16FI2NO2/c1-28-22-11-16(9-18(13-27)17-3-2-4-19(24)12-17)10-21(26)23(22)29-14-15-5-7-20(25)8-6-15/h2-12H,14H2,1H3/b18-9-. The molecule has 0 amide bonds. The molecule has 6 heteroatoms.